The number of amides is 1. The van der Waals surface area contributed by atoms with Crippen LogP contribution in [-0.2, 0) is 21.9 Å². The zero-order valence-corrected chi connectivity index (χ0v) is 20.2. The number of halogens is 1. The number of thiazole rings is 1. The lowest BCUT2D eigenvalue weighted by molar-refractivity contribution is -0.114. The fourth-order valence-electron chi connectivity index (χ4n) is 3.31. The average Bonchev–Trinajstić information content (AvgIpc) is 3.07. The fraction of sp³-hybridized carbons (Fsp3) is 0.130. The van der Waals surface area contributed by atoms with Crippen molar-refractivity contribution in [3.63, 3.8) is 0 Å². The number of hydrogen-bond acceptors (Lipinski definition) is 5. The Morgan fingerprint density at radius 3 is 2.52 bits per heavy atom. The summed E-state index contributed by atoms with van der Waals surface area (Å²) in [7, 11) is -2.36. The van der Waals surface area contributed by atoms with Crippen molar-refractivity contribution in [1.29, 1.82) is 0 Å². The highest BCUT2D eigenvalue weighted by molar-refractivity contribution is 7.92. The van der Waals surface area contributed by atoms with Crippen molar-refractivity contribution in [1.82, 2.24) is 4.57 Å². The smallest absolute Gasteiger partial charge is 0.307 e. The molecule has 0 saturated heterocycles. The SMILES string of the molecule is Cc1ccc(N(CC(=O)Nc2ccc3c(c2)sc(=O)n3C)S(=O)(=O)c2ccccc2)cc1Cl. The number of hydrogen-bond donors (Lipinski definition) is 1. The van der Waals surface area contributed by atoms with Crippen molar-refractivity contribution in [2.75, 3.05) is 16.2 Å². The fourth-order valence-corrected chi connectivity index (χ4v) is 5.84. The number of carbonyl (C=O) groups is 1. The maximum absolute atomic E-state index is 13.4. The van der Waals surface area contributed by atoms with Crippen LogP contribution in [0.1, 0.15) is 5.56 Å². The lowest BCUT2D eigenvalue weighted by atomic mass is 10.2. The second-order valence-electron chi connectivity index (χ2n) is 7.42. The lowest BCUT2D eigenvalue weighted by Gasteiger charge is -2.24. The summed E-state index contributed by atoms with van der Waals surface area (Å²) in [5, 5.41) is 3.12. The zero-order valence-electron chi connectivity index (χ0n) is 17.8. The van der Waals surface area contributed by atoms with Gasteiger partial charge in [-0.3, -0.25) is 13.9 Å². The number of carbonyl (C=O) groups excluding carboxylic acids is 1. The van der Waals surface area contributed by atoms with Crippen molar-refractivity contribution < 1.29 is 13.2 Å². The van der Waals surface area contributed by atoms with Crippen LogP contribution in [0.2, 0.25) is 5.02 Å². The molecular weight excluding hydrogens is 482 g/mol. The molecule has 1 N–H and O–H groups in total. The van der Waals surface area contributed by atoms with E-state index < -0.39 is 22.5 Å². The minimum Gasteiger partial charge on any atom is -0.324 e. The molecule has 0 aliphatic heterocycles. The maximum Gasteiger partial charge on any atom is 0.307 e. The number of aryl methyl sites for hydroxylation is 2. The van der Waals surface area contributed by atoms with Crippen LogP contribution >= 0.6 is 22.9 Å². The number of benzene rings is 3. The van der Waals surface area contributed by atoms with Gasteiger partial charge in [-0.2, -0.15) is 0 Å². The van der Waals surface area contributed by atoms with Crippen LogP contribution in [0.25, 0.3) is 10.2 Å². The summed E-state index contributed by atoms with van der Waals surface area (Å²) in [5.74, 6) is -0.533. The Balaban J connectivity index is 1.66. The number of aromatic nitrogens is 1. The van der Waals surface area contributed by atoms with Crippen LogP contribution in [0, 0.1) is 6.92 Å². The number of fused-ring (bicyclic) bond motifs is 1. The topological polar surface area (TPSA) is 88.5 Å². The molecule has 1 heterocycles. The van der Waals surface area contributed by atoms with E-state index in [2.05, 4.69) is 5.32 Å². The Morgan fingerprint density at radius 1 is 1.09 bits per heavy atom. The molecule has 0 fully saturated rings. The van der Waals surface area contributed by atoms with Gasteiger partial charge in [0.2, 0.25) is 5.91 Å². The van der Waals surface area contributed by atoms with E-state index in [1.807, 2.05) is 6.92 Å². The van der Waals surface area contributed by atoms with E-state index in [0.717, 1.165) is 31.4 Å². The Labute approximate surface area is 199 Å². The van der Waals surface area contributed by atoms with E-state index in [4.69, 9.17) is 11.6 Å². The van der Waals surface area contributed by atoms with Crippen LogP contribution in [0.5, 0.6) is 0 Å². The van der Waals surface area contributed by atoms with Gasteiger partial charge in [-0.25, -0.2) is 8.42 Å². The number of nitrogens with zero attached hydrogens (tertiary/aromatic N) is 2. The Kier molecular flexibility index (Phi) is 6.29. The monoisotopic (exact) mass is 501 g/mol. The van der Waals surface area contributed by atoms with Gasteiger partial charge < -0.3 is 9.88 Å². The van der Waals surface area contributed by atoms with E-state index in [1.165, 1.54) is 22.8 Å². The molecule has 0 aliphatic rings. The highest BCUT2D eigenvalue weighted by Gasteiger charge is 2.27. The van der Waals surface area contributed by atoms with Gasteiger partial charge in [0, 0.05) is 17.8 Å². The van der Waals surface area contributed by atoms with Gasteiger partial charge in [0.1, 0.15) is 6.54 Å². The molecule has 0 spiro atoms. The second-order valence-corrected chi connectivity index (χ2v) is 10.7. The number of nitrogens with one attached hydrogen (secondary N) is 1. The van der Waals surface area contributed by atoms with E-state index in [1.54, 1.807) is 55.6 Å². The normalized spacial score (nSPS) is 11.5. The van der Waals surface area contributed by atoms with Gasteiger partial charge in [0.25, 0.3) is 10.0 Å². The molecule has 0 bridgehead atoms. The molecule has 33 heavy (non-hydrogen) atoms. The van der Waals surface area contributed by atoms with Crippen LogP contribution in [-0.4, -0.2) is 25.4 Å². The molecule has 10 heteroatoms. The molecule has 3 aromatic carbocycles. The highest BCUT2D eigenvalue weighted by atomic mass is 35.5. The molecule has 7 nitrogen and oxygen atoms in total. The van der Waals surface area contributed by atoms with Gasteiger partial charge in [0.15, 0.2) is 0 Å². The molecular formula is C23H20ClN3O4S2. The molecule has 1 amide bonds. The molecule has 0 saturated carbocycles. The van der Waals surface area contributed by atoms with Gasteiger partial charge in [-0.1, -0.05) is 47.2 Å². The number of rotatable bonds is 6. The van der Waals surface area contributed by atoms with Crippen molar-refractivity contribution >= 4 is 60.5 Å². The molecule has 0 unspecified atom stereocenters. The van der Waals surface area contributed by atoms with E-state index in [0.29, 0.717) is 10.7 Å². The molecule has 1 aromatic heterocycles. The zero-order chi connectivity index (χ0) is 23.8. The van der Waals surface area contributed by atoms with Crippen molar-refractivity contribution in [3.05, 3.63) is 87.0 Å². The summed E-state index contributed by atoms with van der Waals surface area (Å²) in [6, 6.07) is 17.8. The molecule has 170 valence electrons. The van der Waals surface area contributed by atoms with E-state index >= 15 is 0 Å². The predicted octanol–water partition coefficient (Wildman–Crippen LogP) is 4.40. The Morgan fingerprint density at radius 2 is 1.82 bits per heavy atom. The summed E-state index contributed by atoms with van der Waals surface area (Å²) in [6.45, 7) is 1.35. The van der Waals surface area contributed by atoms with Gasteiger partial charge >= 0.3 is 4.87 Å². The second kappa shape index (κ2) is 9.01. The first-order valence-electron chi connectivity index (χ1n) is 9.90. The highest BCUT2D eigenvalue weighted by Crippen LogP contribution is 2.28. The standard InChI is InChI=1S/C23H20ClN3O4S2/c1-15-8-10-17(13-19(15)24)27(33(30,31)18-6-4-3-5-7-18)14-22(28)25-16-9-11-20-21(12-16)32-23(29)26(20)2/h3-13H,14H2,1-2H3,(H,25,28). The molecule has 4 rings (SSSR count). The summed E-state index contributed by atoms with van der Waals surface area (Å²) in [5.41, 5.74) is 2.29. The largest absolute Gasteiger partial charge is 0.324 e. The summed E-state index contributed by atoms with van der Waals surface area (Å²) in [6.07, 6.45) is 0. The predicted molar refractivity (Wildman–Crippen MR) is 133 cm³/mol. The first kappa shape index (κ1) is 23.0. The summed E-state index contributed by atoms with van der Waals surface area (Å²) >= 11 is 7.31. The van der Waals surface area contributed by atoms with Gasteiger partial charge in [-0.15, -0.1) is 0 Å². The minimum atomic E-state index is -4.04. The van der Waals surface area contributed by atoms with Crippen LogP contribution in [0.4, 0.5) is 11.4 Å². The van der Waals surface area contributed by atoms with E-state index in [9.17, 15) is 18.0 Å². The van der Waals surface area contributed by atoms with Crippen molar-refractivity contribution in [2.24, 2.45) is 7.05 Å². The van der Waals surface area contributed by atoms with Crippen molar-refractivity contribution in [2.45, 2.75) is 11.8 Å². The third kappa shape index (κ3) is 4.66. The maximum atomic E-state index is 13.4. The average molecular weight is 502 g/mol. The molecule has 0 radical (unpaired) electrons. The summed E-state index contributed by atoms with van der Waals surface area (Å²) < 4.78 is 30.1. The molecule has 0 aliphatic carbocycles. The molecule has 0 atom stereocenters. The number of anilines is 2. The first-order valence-corrected chi connectivity index (χ1v) is 12.5. The van der Waals surface area contributed by atoms with E-state index in [-0.39, 0.29) is 15.5 Å². The third-order valence-electron chi connectivity index (χ3n) is 5.14. The van der Waals surface area contributed by atoms with Crippen LogP contribution in [0.15, 0.2) is 76.4 Å². The Hall–Kier alpha value is -3.14. The third-order valence-corrected chi connectivity index (χ3v) is 8.33. The van der Waals surface area contributed by atoms with Crippen LogP contribution < -0.4 is 14.5 Å². The van der Waals surface area contributed by atoms with Crippen molar-refractivity contribution in [3.8, 4) is 0 Å². The summed E-state index contributed by atoms with van der Waals surface area (Å²) in [4.78, 5) is 24.8. The lowest BCUT2D eigenvalue weighted by Crippen LogP contribution is -2.38. The van der Waals surface area contributed by atoms with Crippen LogP contribution in [0.3, 0.4) is 0 Å². The first-order chi connectivity index (χ1) is 15.7. The Bertz CT molecular complexity index is 1510. The minimum absolute atomic E-state index is 0.0602. The quantitative estimate of drug-likeness (QED) is 0.424. The number of sulfonamides is 1. The van der Waals surface area contributed by atoms with Gasteiger partial charge in [0.05, 0.1) is 20.8 Å². The molecule has 4 aromatic rings. The van der Waals surface area contributed by atoms with Gasteiger partial charge in [-0.05, 0) is 55.0 Å².